The van der Waals surface area contributed by atoms with Crippen LogP contribution in [0, 0.1) is 0 Å². The molecule has 0 aliphatic carbocycles. The van der Waals surface area contributed by atoms with Gasteiger partial charge in [-0.25, -0.2) is 0 Å². The lowest BCUT2D eigenvalue weighted by Gasteiger charge is -2.34. The Labute approximate surface area is 139 Å². The monoisotopic (exact) mass is 319 g/mol. The minimum absolute atomic E-state index is 0.0403. The highest BCUT2D eigenvalue weighted by atomic mass is 16.5. The fraction of sp³-hybridized carbons (Fsp3) is 0.611. The van der Waals surface area contributed by atoms with Crippen LogP contribution in [0.15, 0.2) is 24.3 Å². The van der Waals surface area contributed by atoms with Gasteiger partial charge in [0.2, 0.25) is 0 Å². The lowest BCUT2D eigenvalue weighted by atomic mass is 9.91. The normalized spacial score (nSPS) is 17.2. The number of carbonyl (C=O) groups excluding carboxylic acids is 1. The van der Waals surface area contributed by atoms with Crippen molar-refractivity contribution in [2.75, 3.05) is 38.6 Å². The van der Waals surface area contributed by atoms with Crippen molar-refractivity contribution >= 4 is 11.6 Å². The Bertz CT molecular complexity index is 509. The summed E-state index contributed by atoms with van der Waals surface area (Å²) >= 11 is 0. The van der Waals surface area contributed by atoms with Gasteiger partial charge in [-0.1, -0.05) is 26.0 Å². The number of ether oxygens (including phenoxy) is 1. The van der Waals surface area contributed by atoms with E-state index in [9.17, 15) is 4.79 Å². The summed E-state index contributed by atoms with van der Waals surface area (Å²) in [7, 11) is 1.63. The van der Waals surface area contributed by atoms with Crippen molar-refractivity contribution in [1.29, 1.82) is 0 Å². The van der Waals surface area contributed by atoms with E-state index in [2.05, 4.69) is 41.5 Å². The van der Waals surface area contributed by atoms with E-state index in [1.165, 1.54) is 5.56 Å². The average molecular weight is 319 g/mol. The Morgan fingerprint density at radius 2 is 2.00 bits per heavy atom. The molecule has 0 saturated carbocycles. The molecule has 1 aliphatic heterocycles. The maximum atomic E-state index is 12.7. The van der Waals surface area contributed by atoms with E-state index < -0.39 is 5.60 Å². The second-order valence-electron chi connectivity index (χ2n) is 6.06. The maximum absolute atomic E-state index is 12.7. The third-order valence-corrected chi connectivity index (χ3v) is 4.70. The van der Waals surface area contributed by atoms with Crippen molar-refractivity contribution in [3.63, 3.8) is 0 Å². The van der Waals surface area contributed by atoms with E-state index in [1.807, 2.05) is 12.1 Å². The molecule has 0 radical (unpaired) electrons. The predicted octanol–water partition coefficient (Wildman–Crippen LogP) is 2.24. The Kier molecular flexibility index (Phi) is 6.57. The predicted molar refractivity (Wildman–Crippen MR) is 93.5 cm³/mol. The highest BCUT2D eigenvalue weighted by Gasteiger charge is 2.39. The number of amides is 1. The third kappa shape index (κ3) is 4.53. The molecule has 1 heterocycles. The van der Waals surface area contributed by atoms with Crippen LogP contribution in [0.2, 0.25) is 0 Å². The second-order valence-corrected chi connectivity index (χ2v) is 6.06. The van der Waals surface area contributed by atoms with E-state index in [1.54, 1.807) is 7.11 Å². The van der Waals surface area contributed by atoms with Crippen molar-refractivity contribution in [3.05, 3.63) is 29.8 Å². The molecule has 1 fully saturated rings. The third-order valence-electron chi connectivity index (χ3n) is 4.70. The van der Waals surface area contributed by atoms with Crippen LogP contribution >= 0.6 is 0 Å². The van der Waals surface area contributed by atoms with Crippen molar-refractivity contribution in [2.45, 2.75) is 38.8 Å². The first kappa shape index (κ1) is 17.9. The summed E-state index contributed by atoms with van der Waals surface area (Å²) in [6.07, 6.45) is 1.41. The zero-order valence-electron chi connectivity index (χ0n) is 14.5. The lowest BCUT2D eigenvalue weighted by molar-refractivity contribution is -0.140. The number of rotatable bonds is 7. The standard InChI is InChI=1S/C18H29N3O2/c1-4-21(5-2)14-15-7-6-8-16(13-15)20-17(22)18(23-3)9-11-19-12-10-18/h6-8,13,19H,4-5,9-12,14H2,1-3H3,(H,20,22). The highest BCUT2D eigenvalue weighted by molar-refractivity contribution is 5.97. The first-order valence-electron chi connectivity index (χ1n) is 8.52. The molecule has 0 spiro atoms. The van der Waals surface area contributed by atoms with Crippen LogP contribution in [0.1, 0.15) is 32.3 Å². The smallest absolute Gasteiger partial charge is 0.256 e. The number of benzene rings is 1. The molecule has 1 aliphatic rings. The summed E-state index contributed by atoms with van der Waals surface area (Å²) in [6.45, 7) is 8.88. The zero-order valence-corrected chi connectivity index (χ0v) is 14.5. The molecular weight excluding hydrogens is 290 g/mol. The van der Waals surface area contributed by atoms with E-state index in [-0.39, 0.29) is 5.91 Å². The molecule has 23 heavy (non-hydrogen) atoms. The van der Waals surface area contributed by atoms with Crippen LogP contribution < -0.4 is 10.6 Å². The number of carbonyl (C=O) groups is 1. The number of piperidine rings is 1. The largest absolute Gasteiger partial charge is 0.368 e. The summed E-state index contributed by atoms with van der Waals surface area (Å²) in [5.41, 5.74) is 1.35. The van der Waals surface area contributed by atoms with Gasteiger partial charge in [-0.3, -0.25) is 9.69 Å². The molecule has 5 nitrogen and oxygen atoms in total. The molecule has 0 atom stereocenters. The van der Waals surface area contributed by atoms with Crippen molar-refractivity contribution in [2.24, 2.45) is 0 Å². The van der Waals surface area contributed by atoms with Crippen LogP contribution in [-0.4, -0.2) is 49.7 Å². The Hall–Kier alpha value is -1.43. The Morgan fingerprint density at radius 3 is 2.61 bits per heavy atom. The maximum Gasteiger partial charge on any atom is 0.256 e. The summed E-state index contributed by atoms with van der Waals surface area (Å²) in [5, 5.41) is 6.31. The number of anilines is 1. The number of nitrogens with zero attached hydrogens (tertiary/aromatic N) is 1. The van der Waals surface area contributed by atoms with E-state index in [0.717, 1.165) is 38.4 Å². The Morgan fingerprint density at radius 1 is 1.30 bits per heavy atom. The quantitative estimate of drug-likeness (QED) is 0.809. The van der Waals surface area contributed by atoms with Gasteiger partial charge >= 0.3 is 0 Å². The number of hydrogen-bond acceptors (Lipinski definition) is 4. The Balaban J connectivity index is 2.05. The van der Waals surface area contributed by atoms with Crippen LogP contribution in [-0.2, 0) is 16.1 Å². The van der Waals surface area contributed by atoms with E-state index >= 15 is 0 Å². The van der Waals surface area contributed by atoms with Gasteiger partial charge in [0.05, 0.1) is 0 Å². The molecule has 128 valence electrons. The van der Waals surface area contributed by atoms with Crippen molar-refractivity contribution < 1.29 is 9.53 Å². The number of hydrogen-bond donors (Lipinski definition) is 2. The van der Waals surface area contributed by atoms with Crippen LogP contribution in [0.25, 0.3) is 0 Å². The fourth-order valence-corrected chi connectivity index (χ4v) is 3.05. The highest BCUT2D eigenvalue weighted by Crippen LogP contribution is 2.25. The van der Waals surface area contributed by atoms with E-state index in [4.69, 9.17) is 4.74 Å². The summed E-state index contributed by atoms with van der Waals surface area (Å²) in [5.74, 6) is -0.0403. The lowest BCUT2D eigenvalue weighted by Crippen LogP contribution is -2.51. The fourth-order valence-electron chi connectivity index (χ4n) is 3.05. The molecule has 1 saturated heterocycles. The minimum atomic E-state index is -0.708. The summed E-state index contributed by atoms with van der Waals surface area (Å²) in [4.78, 5) is 15.0. The topological polar surface area (TPSA) is 53.6 Å². The molecular formula is C18H29N3O2. The summed E-state index contributed by atoms with van der Waals surface area (Å²) < 4.78 is 5.58. The molecule has 0 bridgehead atoms. The van der Waals surface area contributed by atoms with Crippen LogP contribution in [0.3, 0.4) is 0 Å². The van der Waals surface area contributed by atoms with Gasteiger partial charge in [-0.15, -0.1) is 0 Å². The summed E-state index contributed by atoms with van der Waals surface area (Å²) in [6, 6.07) is 8.09. The first-order chi connectivity index (χ1) is 11.1. The molecule has 1 aromatic rings. The molecule has 5 heteroatoms. The van der Waals surface area contributed by atoms with E-state index in [0.29, 0.717) is 12.8 Å². The zero-order chi connectivity index (χ0) is 16.7. The molecule has 0 unspecified atom stereocenters. The van der Waals surface area contributed by atoms with Crippen molar-refractivity contribution in [1.82, 2.24) is 10.2 Å². The van der Waals surface area contributed by atoms with Gasteiger partial charge in [0.15, 0.2) is 0 Å². The molecule has 1 amide bonds. The van der Waals surface area contributed by atoms with Gasteiger partial charge in [-0.05, 0) is 56.7 Å². The first-order valence-corrected chi connectivity index (χ1v) is 8.52. The van der Waals surface area contributed by atoms with Gasteiger partial charge in [-0.2, -0.15) is 0 Å². The number of methoxy groups -OCH3 is 1. The second kappa shape index (κ2) is 8.43. The molecule has 1 aromatic carbocycles. The van der Waals surface area contributed by atoms with Crippen molar-refractivity contribution in [3.8, 4) is 0 Å². The van der Waals surface area contributed by atoms with Gasteiger partial charge in [0.1, 0.15) is 5.60 Å². The van der Waals surface area contributed by atoms with Gasteiger partial charge < -0.3 is 15.4 Å². The molecule has 0 aromatic heterocycles. The molecule has 2 rings (SSSR count). The average Bonchev–Trinajstić information content (AvgIpc) is 2.60. The van der Waals surface area contributed by atoms with Gasteiger partial charge in [0.25, 0.3) is 5.91 Å². The number of nitrogens with one attached hydrogen (secondary N) is 2. The van der Waals surface area contributed by atoms with Crippen LogP contribution in [0.5, 0.6) is 0 Å². The minimum Gasteiger partial charge on any atom is -0.368 e. The van der Waals surface area contributed by atoms with Crippen LogP contribution in [0.4, 0.5) is 5.69 Å². The SMILES string of the molecule is CCN(CC)Cc1cccc(NC(=O)C2(OC)CCNCC2)c1. The molecule has 2 N–H and O–H groups in total. The van der Waals surface area contributed by atoms with Gasteiger partial charge in [0, 0.05) is 19.3 Å².